The van der Waals surface area contributed by atoms with Crippen molar-refractivity contribution in [2.45, 2.75) is 33.2 Å². The summed E-state index contributed by atoms with van der Waals surface area (Å²) >= 11 is 0. The number of carbonyl (C=O) groups is 1. The van der Waals surface area contributed by atoms with Crippen LogP contribution in [0.25, 0.3) is 0 Å². The van der Waals surface area contributed by atoms with Crippen LogP contribution >= 0.6 is 0 Å². The van der Waals surface area contributed by atoms with Gasteiger partial charge < -0.3 is 19.3 Å². The first-order chi connectivity index (χ1) is 11.0. The van der Waals surface area contributed by atoms with Gasteiger partial charge in [-0.2, -0.15) is 0 Å². The zero-order valence-electron chi connectivity index (χ0n) is 13.9. The van der Waals surface area contributed by atoms with Gasteiger partial charge in [0.1, 0.15) is 5.76 Å². The van der Waals surface area contributed by atoms with Gasteiger partial charge in [-0.05, 0) is 38.0 Å². The SMILES string of the molecule is CCCOc1ccc([C@H](C)NC(=O)c2cc(C)on2)cc1OC. The number of rotatable bonds is 7. The van der Waals surface area contributed by atoms with Crippen molar-refractivity contribution in [2.75, 3.05) is 13.7 Å². The number of hydrogen-bond acceptors (Lipinski definition) is 5. The Kier molecular flexibility index (Phi) is 5.62. The number of methoxy groups -OCH3 is 1. The molecule has 0 saturated heterocycles. The number of nitrogens with zero attached hydrogens (tertiary/aromatic N) is 1. The van der Waals surface area contributed by atoms with Gasteiger partial charge in [-0.25, -0.2) is 0 Å². The molecule has 1 amide bonds. The number of aryl methyl sites for hydroxylation is 1. The maximum Gasteiger partial charge on any atom is 0.273 e. The molecule has 1 atom stereocenters. The zero-order valence-corrected chi connectivity index (χ0v) is 13.9. The van der Waals surface area contributed by atoms with E-state index in [0.29, 0.717) is 23.9 Å². The molecule has 0 aliphatic carbocycles. The number of nitrogens with one attached hydrogen (secondary N) is 1. The third-order valence-corrected chi connectivity index (χ3v) is 3.36. The van der Waals surface area contributed by atoms with E-state index in [9.17, 15) is 4.79 Å². The second-order valence-corrected chi connectivity index (χ2v) is 5.28. The summed E-state index contributed by atoms with van der Waals surface area (Å²) in [4.78, 5) is 12.1. The van der Waals surface area contributed by atoms with Crippen molar-refractivity contribution in [3.63, 3.8) is 0 Å². The molecule has 0 spiro atoms. The van der Waals surface area contributed by atoms with Gasteiger partial charge in [-0.3, -0.25) is 4.79 Å². The minimum absolute atomic E-state index is 0.200. The molecule has 2 rings (SSSR count). The monoisotopic (exact) mass is 318 g/mol. The molecule has 0 fully saturated rings. The van der Waals surface area contributed by atoms with Crippen LogP contribution in [0.1, 0.15) is 48.1 Å². The van der Waals surface area contributed by atoms with Crippen LogP contribution in [0.5, 0.6) is 11.5 Å². The predicted octanol–water partition coefficient (Wildman–Crippen LogP) is 3.27. The van der Waals surface area contributed by atoms with Crippen molar-refractivity contribution in [2.24, 2.45) is 0 Å². The lowest BCUT2D eigenvalue weighted by Crippen LogP contribution is -2.26. The average molecular weight is 318 g/mol. The van der Waals surface area contributed by atoms with Gasteiger partial charge >= 0.3 is 0 Å². The van der Waals surface area contributed by atoms with E-state index in [0.717, 1.165) is 12.0 Å². The summed E-state index contributed by atoms with van der Waals surface area (Å²) in [6.07, 6.45) is 0.925. The highest BCUT2D eigenvalue weighted by molar-refractivity contribution is 5.92. The third-order valence-electron chi connectivity index (χ3n) is 3.36. The van der Waals surface area contributed by atoms with Crippen molar-refractivity contribution >= 4 is 5.91 Å². The summed E-state index contributed by atoms with van der Waals surface area (Å²) < 4.78 is 15.9. The Morgan fingerprint density at radius 3 is 2.74 bits per heavy atom. The number of aromatic nitrogens is 1. The molecular formula is C17H22N2O4. The molecule has 0 bridgehead atoms. The van der Waals surface area contributed by atoms with Gasteiger partial charge in [0.05, 0.1) is 19.8 Å². The Labute approximate surface area is 135 Å². The quantitative estimate of drug-likeness (QED) is 0.848. The third kappa shape index (κ3) is 4.25. The minimum atomic E-state index is -0.278. The fourth-order valence-electron chi connectivity index (χ4n) is 2.11. The molecule has 6 nitrogen and oxygen atoms in total. The lowest BCUT2D eigenvalue weighted by Gasteiger charge is -2.16. The number of benzene rings is 1. The topological polar surface area (TPSA) is 73.6 Å². The van der Waals surface area contributed by atoms with Crippen LogP contribution in [0.4, 0.5) is 0 Å². The molecule has 6 heteroatoms. The normalized spacial score (nSPS) is 11.8. The van der Waals surface area contributed by atoms with E-state index in [1.54, 1.807) is 20.1 Å². The van der Waals surface area contributed by atoms with E-state index in [1.165, 1.54) is 0 Å². The van der Waals surface area contributed by atoms with Gasteiger partial charge in [0.15, 0.2) is 17.2 Å². The molecule has 1 heterocycles. The Bertz CT molecular complexity index is 666. The lowest BCUT2D eigenvalue weighted by molar-refractivity contribution is 0.0930. The summed E-state index contributed by atoms with van der Waals surface area (Å²) in [7, 11) is 1.60. The number of hydrogen-bond donors (Lipinski definition) is 1. The highest BCUT2D eigenvalue weighted by Gasteiger charge is 2.16. The van der Waals surface area contributed by atoms with Crippen molar-refractivity contribution < 1.29 is 18.8 Å². The van der Waals surface area contributed by atoms with Gasteiger partial charge in [-0.15, -0.1) is 0 Å². The molecule has 1 aromatic heterocycles. The van der Waals surface area contributed by atoms with Gasteiger partial charge in [0, 0.05) is 6.07 Å². The van der Waals surface area contributed by atoms with Crippen LogP contribution < -0.4 is 14.8 Å². The molecule has 0 radical (unpaired) electrons. The van der Waals surface area contributed by atoms with E-state index in [1.807, 2.05) is 32.0 Å². The standard InChI is InChI=1S/C17H22N2O4/c1-5-8-22-15-7-6-13(10-16(15)21-4)12(3)18-17(20)14-9-11(2)23-19-14/h6-7,9-10,12H,5,8H2,1-4H3,(H,18,20)/t12-/m0/s1. The molecule has 0 aliphatic rings. The van der Waals surface area contributed by atoms with E-state index >= 15 is 0 Å². The molecule has 2 aromatic rings. The lowest BCUT2D eigenvalue weighted by atomic mass is 10.1. The Morgan fingerprint density at radius 1 is 1.35 bits per heavy atom. The first-order valence-electron chi connectivity index (χ1n) is 7.60. The van der Waals surface area contributed by atoms with Crippen molar-refractivity contribution in [1.29, 1.82) is 0 Å². The molecule has 1 aromatic carbocycles. The van der Waals surface area contributed by atoms with Gasteiger partial charge in [0.25, 0.3) is 5.91 Å². The van der Waals surface area contributed by atoms with Crippen LogP contribution in [0, 0.1) is 6.92 Å². The average Bonchev–Trinajstić information content (AvgIpc) is 2.99. The smallest absolute Gasteiger partial charge is 0.273 e. The maximum atomic E-state index is 12.1. The number of ether oxygens (including phenoxy) is 2. The second-order valence-electron chi connectivity index (χ2n) is 5.28. The summed E-state index contributed by atoms with van der Waals surface area (Å²) in [5.41, 5.74) is 1.18. The van der Waals surface area contributed by atoms with E-state index < -0.39 is 0 Å². The Morgan fingerprint density at radius 2 is 2.13 bits per heavy atom. The van der Waals surface area contributed by atoms with Crippen molar-refractivity contribution in [3.05, 3.63) is 41.3 Å². The van der Waals surface area contributed by atoms with Gasteiger partial charge in [-0.1, -0.05) is 18.1 Å². The Hall–Kier alpha value is -2.50. The van der Waals surface area contributed by atoms with Crippen LogP contribution in [-0.2, 0) is 0 Å². The molecule has 124 valence electrons. The van der Waals surface area contributed by atoms with Crippen molar-refractivity contribution in [3.8, 4) is 11.5 Å². The summed E-state index contributed by atoms with van der Waals surface area (Å²) in [5, 5.41) is 6.59. The van der Waals surface area contributed by atoms with Crippen molar-refractivity contribution in [1.82, 2.24) is 10.5 Å². The molecular weight excluding hydrogens is 296 g/mol. The van der Waals surface area contributed by atoms with E-state index in [4.69, 9.17) is 14.0 Å². The summed E-state index contributed by atoms with van der Waals surface area (Å²) in [6, 6.07) is 7.03. The number of amides is 1. The molecule has 0 unspecified atom stereocenters. The molecule has 1 N–H and O–H groups in total. The highest BCUT2D eigenvalue weighted by Crippen LogP contribution is 2.30. The first-order valence-corrected chi connectivity index (χ1v) is 7.60. The second kappa shape index (κ2) is 7.67. The van der Waals surface area contributed by atoms with Crippen LogP contribution in [0.15, 0.2) is 28.8 Å². The fraction of sp³-hybridized carbons (Fsp3) is 0.412. The fourth-order valence-corrected chi connectivity index (χ4v) is 2.11. The summed E-state index contributed by atoms with van der Waals surface area (Å²) in [6.45, 7) is 6.32. The van der Waals surface area contributed by atoms with Crippen LogP contribution in [-0.4, -0.2) is 24.8 Å². The number of carbonyl (C=O) groups excluding carboxylic acids is 1. The van der Waals surface area contributed by atoms with Gasteiger partial charge in [0.2, 0.25) is 0 Å². The molecule has 0 aliphatic heterocycles. The summed E-state index contributed by atoms with van der Waals surface area (Å²) in [5.74, 6) is 1.67. The zero-order chi connectivity index (χ0) is 16.8. The minimum Gasteiger partial charge on any atom is -0.493 e. The van der Waals surface area contributed by atoms with E-state index in [-0.39, 0.29) is 17.6 Å². The maximum absolute atomic E-state index is 12.1. The van der Waals surface area contributed by atoms with Crippen LogP contribution in [0.2, 0.25) is 0 Å². The highest BCUT2D eigenvalue weighted by atomic mass is 16.5. The molecule has 23 heavy (non-hydrogen) atoms. The van der Waals surface area contributed by atoms with Crippen LogP contribution in [0.3, 0.4) is 0 Å². The first kappa shape index (κ1) is 16.9. The van der Waals surface area contributed by atoms with E-state index in [2.05, 4.69) is 10.5 Å². The predicted molar refractivity (Wildman–Crippen MR) is 85.9 cm³/mol. The largest absolute Gasteiger partial charge is 0.493 e. The Balaban J connectivity index is 2.09. The molecule has 0 saturated carbocycles.